The van der Waals surface area contributed by atoms with Gasteiger partial charge in [-0.2, -0.15) is 5.26 Å². The van der Waals surface area contributed by atoms with Gasteiger partial charge in [-0.25, -0.2) is 0 Å². The van der Waals surface area contributed by atoms with Crippen LogP contribution in [0.25, 0.3) is 10.1 Å². The number of halogens is 1. The first-order chi connectivity index (χ1) is 6.77. The number of hydrogen-bond acceptors (Lipinski definition) is 2. The van der Waals surface area contributed by atoms with Crippen molar-refractivity contribution in [2.24, 2.45) is 0 Å². The summed E-state index contributed by atoms with van der Waals surface area (Å²) >= 11 is 5.15. The van der Waals surface area contributed by atoms with Crippen molar-refractivity contribution in [1.29, 1.82) is 5.26 Å². The molecule has 0 unspecified atom stereocenters. The highest BCUT2D eigenvalue weighted by Crippen LogP contribution is 2.32. The van der Waals surface area contributed by atoms with E-state index >= 15 is 0 Å². The lowest BCUT2D eigenvalue weighted by Crippen LogP contribution is -1.89. The first kappa shape index (κ1) is 9.70. The summed E-state index contributed by atoms with van der Waals surface area (Å²) < 4.78 is 2.15. The molecule has 0 N–H and O–H groups in total. The summed E-state index contributed by atoms with van der Waals surface area (Å²) in [6.07, 6.45) is 0.898. The highest BCUT2D eigenvalue weighted by atomic mass is 79.9. The first-order valence-electron chi connectivity index (χ1n) is 4.36. The minimum absolute atomic E-state index is 0.776. The van der Waals surface area contributed by atoms with Gasteiger partial charge in [-0.15, -0.1) is 11.3 Å². The van der Waals surface area contributed by atoms with Crippen molar-refractivity contribution in [2.45, 2.75) is 13.3 Å². The van der Waals surface area contributed by atoms with E-state index in [0.717, 1.165) is 22.0 Å². The van der Waals surface area contributed by atoms with Crippen molar-refractivity contribution in [3.05, 3.63) is 33.1 Å². The molecule has 0 saturated carbocycles. The Morgan fingerprint density at radius 3 is 3.00 bits per heavy atom. The smallest absolute Gasteiger partial charge is 0.101 e. The van der Waals surface area contributed by atoms with Crippen LogP contribution in [0.3, 0.4) is 0 Å². The van der Waals surface area contributed by atoms with Crippen LogP contribution in [0.4, 0.5) is 0 Å². The minimum Gasteiger partial charge on any atom is -0.192 e. The molecule has 2 aromatic rings. The molecule has 0 atom stereocenters. The van der Waals surface area contributed by atoms with Gasteiger partial charge in [0.2, 0.25) is 0 Å². The molecule has 0 fully saturated rings. The van der Waals surface area contributed by atoms with Crippen LogP contribution in [0.15, 0.2) is 22.0 Å². The Labute approximate surface area is 95.1 Å². The number of nitrogens with zero attached hydrogens (tertiary/aromatic N) is 1. The molecule has 2 rings (SSSR count). The Balaban J connectivity index is 2.91. The topological polar surface area (TPSA) is 23.8 Å². The maximum atomic E-state index is 9.05. The molecule has 0 aliphatic rings. The zero-order chi connectivity index (χ0) is 10.1. The van der Waals surface area contributed by atoms with Gasteiger partial charge in [0, 0.05) is 9.17 Å². The second-order valence-electron chi connectivity index (χ2n) is 3.01. The standard InChI is InChI=1S/C11H8BrNS/c1-2-7-8-3-4-14-11(8)5-10(12)9(7)6-13/h3-5H,2H2,1H3. The zero-order valence-electron chi connectivity index (χ0n) is 7.67. The van der Waals surface area contributed by atoms with Crippen LogP contribution in [0.2, 0.25) is 0 Å². The van der Waals surface area contributed by atoms with E-state index in [4.69, 9.17) is 5.26 Å². The average molecular weight is 266 g/mol. The van der Waals surface area contributed by atoms with E-state index in [1.165, 1.54) is 10.1 Å². The fourth-order valence-electron chi connectivity index (χ4n) is 1.64. The predicted molar refractivity (Wildman–Crippen MR) is 63.6 cm³/mol. The third-order valence-corrected chi connectivity index (χ3v) is 3.77. The van der Waals surface area contributed by atoms with Crippen LogP contribution < -0.4 is 0 Å². The summed E-state index contributed by atoms with van der Waals surface area (Å²) in [6.45, 7) is 2.08. The van der Waals surface area contributed by atoms with E-state index < -0.39 is 0 Å². The lowest BCUT2D eigenvalue weighted by molar-refractivity contribution is 1.14. The molecule has 14 heavy (non-hydrogen) atoms. The van der Waals surface area contributed by atoms with Crippen molar-refractivity contribution in [2.75, 3.05) is 0 Å². The van der Waals surface area contributed by atoms with Crippen LogP contribution in [-0.4, -0.2) is 0 Å². The maximum absolute atomic E-state index is 9.05. The molecule has 1 aromatic carbocycles. The summed E-state index contributed by atoms with van der Waals surface area (Å²) in [6, 6.07) is 6.37. The van der Waals surface area contributed by atoms with E-state index in [-0.39, 0.29) is 0 Å². The fraction of sp³-hybridized carbons (Fsp3) is 0.182. The van der Waals surface area contributed by atoms with Crippen molar-refractivity contribution < 1.29 is 0 Å². The van der Waals surface area contributed by atoms with E-state index in [2.05, 4.69) is 40.4 Å². The van der Waals surface area contributed by atoms with Crippen molar-refractivity contribution in [1.82, 2.24) is 0 Å². The Kier molecular flexibility index (Phi) is 2.58. The summed E-state index contributed by atoms with van der Waals surface area (Å²) in [5.74, 6) is 0. The van der Waals surface area contributed by atoms with E-state index in [0.29, 0.717) is 0 Å². The van der Waals surface area contributed by atoms with Gasteiger partial charge in [0.05, 0.1) is 5.56 Å². The molecule has 1 aromatic heterocycles. The third kappa shape index (κ3) is 1.35. The van der Waals surface area contributed by atoms with Gasteiger partial charge in [-0.3, -0.25) is 0 Å². The zero-order valence-corrected chi connectivity index (χ0v) is 10.1. The Bertz CT molecular complexity index is 522. The van der Waals surface area contributed by atoms with Crippen molar-refractivity contribution in [3.63, 3.8) is 0 Å². The summed E-state index contributed by atoms with van der Waals surface area (Å²) in [7, 11) is 0. The van der Waals surface area contributed by atoms with Gasteiger partial charge < -0.3 is 0 Å². The highest BCUT2D eigenvalue weighted by Gasteiger charge is 2.10. The van der Waals surface area contributed by atoms with Gasteiger partial charge in [-0.1, -0.05) is 6.92 Å². The molecule has 3 heteroatoms. The van der Waals surface area contributed by atoms with Crippen LogP contribution in [0.5, 0.6) is 0 Å². The first-order valence-corrected chi connectivity index (χ1v) is 6.04. The van der Waals surface area contributed by atoms with Gasteiger partial charge in [0.25, 0.3) is 0 Å². The lowest BCUT2D eigenvalue weighted by Gasteiger charge is -2.04. The lowest BCUT2D eigenvalue weighted by atomic mass is 10.0. The second-order valence-corrected chi connectivity index (χ2v) is 4.81. The predicted octanol–water partition coefficient (Wildman–Crippen LogP) is 4.10. The second kappa shape index (κ2) is 3.72. The molecule has 1 heterocycles. The maximum Gasteiger partial charge on any atom is 0.101 e. The van der Waals surface area contributed by atoms with Crippen molar-refractivity contribution in [3.8, 4) is 6.07 Å². The Morgan fingerprint density at radius 2 is 2.36 bits per heavy atom. The molecular weight excluding hydrogens is 258 g/mol. The number of hydrogen-bond donors (Lipinski definition) is 0. The molecule has 70 valence electrons. The van der Waals surface area contributed by atoms with Crippen molar-refractivity contribution >= 4 is 37.4 Å². The van der Waals surface area contributed by atoms with Gasteiger partial charge in [0.1, 0.15) is 6.07 Å². The van der Waals surface area contributed by atoms with Crippen LogP contribution in [0, 0.1) is 11.3 Å². The molecule has 0 aliphatic carbocycles. The molecule has 0 radical (unpaired) electrons. The summed E-state index contributed by atoms with van der Waals surface area (Å²) in [5.41, 5.74) is 1.93. The normalized spacial score (nSPS) is 10.4. The number of fused-ring (bicyclic) bond motifs is 1. The van der Waals surface area contributed by atoms with Gasteiger partial charge in [-0.05, 0) is 50.8 Å². The van der Waals surface area contributed by atoms with E-state index in [1.807, 2.05) is 6.07 Å². The number of thiophene rings is 1. The quantitative estimate of drug-likeness (QED) is 0.762. The molecule has 0 aliphatic heterocycles. The molecule has 0 amide bonds. The van der Waals surface area contributed by atoms with Crippen LogP contribution in [-0.2, 0) is 6.42 Å². The van der Waals surface area contributed by atoms with E-state index in [1.54, 1.807) is 11.3 Å². The summed E-state index contributed by atoms with van der Waals surface area (Å²) in [5, 5.41) is 12.3. The number of rotatable bonds is 1. The molecular formula is C11H8BrNS. The van der Waals surface area contributed by atoms with Gasteiger partial charge >= 0.3 is 0 Å². The number of nitriles is 1. The monoisotopic (exact) mass is 265 g/mol. The number of benzene rings is 1. The van der Waals surface area contributed by atoms with Gasteiger partial charge in [0.15, 0.2) is 0 Å². The molecule has 0 spiro atoms. The fourth-order valence-corrected chi connectivity index (χ4v) is 3.20. The Hall–Kier alpha value is -0.850. The van der Waals surface area contributed by atoms with Crippen LogP contribution >= 0.6 is 27.3 Å². The minimum atomic E-state index is 0.776. The average Bonchev–Trinajstić information content (AvgIpc) is 2.62. The Morgan fingerprint density at radius 1 is 1.57 bits per heavy atom. The largest absolute Gasteiger partial charge is 0.192 e. The summed E-state index contributed by atoms with van der Waals surface area (Å²) in [4.78, 5) is 0. The molecule has 0 bridgehead atoms. The molecule has 0 saturated heterocycles. The highest BCUT2D eigenvalue weighted by molar-refractivity contribution is 9.10. The number of aryl methyl sites for hydroxylation is 1. The third-order valence-electron chi connectivity index (χ3n) is 2.28. The van der Waals surface area contributed by atoms with Crippen LogP contribution in [0.1, 0.15) is 18.1 Å². The SMILES string of the molecule is CCc1c(C#N)c(Br)cc2sccc12. The van der Waals surface area contributed by atoms with E-state index in [9.17, 15) is 0 Å². The molecule has 1 nitrogen and oxygen atoms in total.